The number of aromatic carboxylic acids is 1. The third kappa shape index (κ3) is 4.12. The van der Waals surface area contributed by atoms with Crippen LogP contribution in [0.1, 0.15) is 15.9 Å². The molecule has 0 unspecified atom stereocenters. The molecule has 0 atom stereocenters. The van der Waals surface area contributed by atoms with Gasteiger partial charge in [-0.05, 0) is 29.8 Å². The van der Waals surface area contributed by atoms with Gasteiger partial charge >= 0.3 is 5.97 Å². The van der Waals surface area contributed by atoms with Gasteiger partial charge in [0.2, 0.25) is 5.91 Å². The van der Waals surface area contributed by atoms with Crippen LogP contribution < -0.4 is 4.90 Å². The predicted octanol–water partition coefficient (Wildman–Crippen LogP) is 2.93. The minimum absolute atomic E-state index is 0.0422. The van der Waals surface area contributed by atoms with E-state index in [0.717, 1.165) is 18.8 Å². The maximum absolute atomic E-state index is 12.5. The fourth-order valence-corrected chi connectivity index (χ4v) is 3.23. The topological polar surface area (TPSA) is 60.9 Å². The van der Waals surface area contributed by atoms with Crippen molar-refractivity contribution in [3.05, 3.63) is 64.7 Å². The van der Waals surface area contributed by atoms with E-state index < -0.39 is 5.97 Å². The molecule has 0 aliphatic carbocycles. The van der Waals surface area contributed by atoms with Crippen molar-refractivity contribution in [3.63, 3.8) is 0 Å². The van der Waals surface area contributed by atoms with Gasteiger partial charge < -0.3 is 14.9 Å². The normalized spacial score (nSPS) is 14.4. The van der Waals surface area contributed by atoms with Crippen molar-refractivity contribution >= 4 is 29.2 Å². The second-order valence-corrected chi connectivity index (χ2v) is 6.42. The Balaban J connectivity index is 1.61. The summed E-state index contributed by atoms with van der Waals surface area (Å²) in [5, 5.41) is 9.93. The minimum Gasteiger partial charge on any atom is -0.478 e. The van der Waals surface area contributed by atoms with Crippen molar-refractivity contribution < 1.29 is 14.7 Å². The average molecular weight is 359 g/mol. The van der Waals surface area contributed by atoms with Crippen molar-refractivity contribution in [2.75, 3.05) is 31.1 Å². The number of carbonyl (C=O) groups is 2. The lowest BCUT2D eigenvalue weighted by molar-refractivity contribution is -0.130. The van der Waals surface area contributed by atoms with E-state index >= 15 is 0 Å². The number of carboxylic acid groups (broad SMARTS) is 1. The largest absolute Gasteiger partial charge is 0.478 e. The van der Waals surface area contributed by atoms with Crippen LogP contribution in [-0.4, -0.2) is 48.1 Å². The summed E-state index contributed by atoms with van der Waals surface area (Å²) in [6, 6.07) is 14.3. The molecule has 6 heteroatoms. The summed E-state index contributed by atoms with van der Waals surface area (Å²) in [5.74, 6) is -1.05. The maximum atomic E-state index is 12.5. The highest BCUT2D eigenvalue weighted by Gasteiger charge is 2.22. The van der Waals surface area contributed by atoms with Gasteiger partial charge in [0, 0.05) is 36.9 Å². The lowest BCUT2D eigenvalue weighted by Crippen LogP contribution is -2.49. The molecular weight excluding hydrogens is 340 g/mol. The molecule has 1 heterocycles. The SMILES string of the molecule is O=C(O)c1ccccc1CC(=O)N1CCN(c2cccc(Cl)c2)CC1. The van der Waals surface area contributed by atoms with Crippen molar-refractivity contribution in [3.8, 4) is 0 Å². The highest BCUT2D eigenvalue weighted by Crippen LogP contribution is 2.21. The standard InChI is InChI=1S/C19H19ClN2O3/c20-15-5-3-6-16(13-15)21-8-10-22(11-9-21)18(23)12-14-4-1-2-7-17(14)19(24)25/h1-7,13H,8-12H2,(H,24,25). The summed E-state index contributed by atoms with van der Waals surface area (Å²) in [6.07, 6.45) is 0.111. The Bertz CT molecular complexity index is 786. The fraction of sp³-hybridized carbons (Fsp3) is 0.263. The van der Waals surface area contributed by atoms with Gasteiger partial charge in [-0.3, -0.25) is 4.79 Å². The summed E-state index contributed by atoms with van der Waals surface area (Å²) < 4.78 is 0. The Kier molecular flexibility index (Phi) is 5.24. The number of hydrogen-bond acceptors (Lipinski definition) is 3. The molecule has 1 aliphatic heterocycles. The van der Waals surface area contributed by atoms with Crippen LogP contribution >= 0.6 is 11.6 Å². The molecule has 0 aromatic heterocycles. The van der Waals surface area contributed by atoms with Crippen LogP contribution in [0.5, 0.6) is 0 Å². The van der Waals surface area contributed by atoms with Crippen molar-refractivity contribution in [1.29, 1.82) is 0 Å². The number of carbonyl (C=O) groups excluding carboxylic acids is 1. The zero-order valence-corrected chi connectivity index (χ0v) is 14.4. The average Bonchev–Trinajstić information content (AvgIpc) is 2.62. The molecule has 1 aliphatic rings. The van der Waals surface area contributed by atoms with Crippen LogP contribution in [0, 0.1) is 0 Å². The van der Waals surface area contributed by atoms with Crippen LogP contribution in [0.3, 0.4) is 0 Å². The lowest BCUT2D eigenvalue weighted by atomic mass is 10.0. The molecule has 1 N–H and O–H groups in total. The van der Waals surface area contributed by atoms with Crippen LogP contribution in [0.15, 0.2) is 48.5 Å². The number of piperazine rings is 1. The number of rotatable bonds is 4. The Hall–Kier alpha value is -2.53. The minimum atomic E-state index is -1.01. The zero-order valence-electron chi connectivity index (χ0n) is 13.7. The van der Waals surface area contributed by atoms with Crippen molar-refractivity contribution in [1.82, 2.24) is 4.90 Å². The van der Waals surface area contributed by atoms with Gasteiger partial charge in [0.15, 0.2) is 0 Å². The molecule has 0 spiro atoms. The molecule has 130 valence electrons. The quantitative estimate of drug-likeness (QED) is 0.912. The zero-order chi connectivity index (χ0) is 17.8. The number of halogens is 1. The third-order valence-electron chi connectivity index (χ3n) is 4.40. The van der Waals surface area contributed by atoms with E-state index in [-0.39, 0.29) is 17.9 Å². The first-order valence-corrected chi connectivity index (χ1v) is 8.52. The summed E-state index contributed by atoms with van der Waals surface area (Å²) in [4.78, 5) is 27.8. The van der Waals surface area contributed by atoms with E-state index in [4.69, 9.17) is 11.6 Å². The number of amides is 1. The second-order valence-electron chi connectivity index (χ2n) is 5.99. The van der Waals surface area contributed by atoms with Gasteiger partial charge in [0.25, 0.3) is 0 Å². The molecule has 1 amide bonds. The van der Waals surface area contributed by atoms with Crippen molar-refractivity contribution in [2.45, 2.75) is 6.42 Å². The summed E-state index contributed by atoms with van der Waals surface area (Å²) in [5.41, 5.74) is 1.79. The molecule has 1 saturated heterocycles. The molecule has 25 heavy (non-hydrogen) atoms. The first-order chi connectivity index (χ1) is 12.0. The van der Waals surface area contributed by atoms with E-state index in [1.807, 2.05) is 24.3 Å². The number of carboxylic acids is 1. The van der Waals surface area contributed by atoms with Gasteiger partial charge in [-0.25, -0.2) is 4.79 Å². The van der Waals surface area contributed by atoms with E-state index in [1.165, 1.54) is 6.07 Å². The molecule has 2 aromatic rings. The van der Waals surface area contributed by atoms with Crippen molar-refractivity contribution in [2.24, 2.45) is 0 Å². The van der Waals surface area contributed by atoms with Gasteiger partial charge in [-0.15, -0.1) is 0 Å². The van der Waals surface area contributed by atoms with Gasteiger partial charge in [-0.2, -0.15) is 0 Å². The molecule has 1 fully saturated rings. The summed E-state index contributed by atoms with van der Waals surface area (Å²) in [7, 11) is 0. The van der Waals surface area contributed by atoms with Crippen LogP contribution in [-0.2, 0) is 11.2 Å². The molecule has 0 radical (unpaired) electrons. The van der Waals surface area contributed by atoms with Gasteiger partial charge in [0.1, 0.15) is 0 Å². The first-order valence-electron chi connectivity index (χ1n) is 8.14. The van der Waals surface area contributed by atoms with Crippen LogP contribution in [0.2, 0.25) is 5.02 Å². The van der Waals surface area contributed by atoms with E-state index in [9.17, 15) is 14.7 Å². The Morgan fingerprint density at radius 1 is 1.00 bits per heavy atom. The van der Waals surface area contributed by atoms with Gasteiger partial charge in [0.05, 0.1) is 12.0 Å². The molecule has 3 rings (SSSR count). The Labute approximate surface area is 151 Å². The van der Waals surface area contributed by atoms with Crippen LogP contribution in [0.4, 0.5) is 5.69 Å². The summed E-state index contributed by atoms with van der Waals surface area (Å²) >= 11 is 6.03. The van der Waals surface area contributed by atoms with E-state index in [1.54, 1.807) is 23.1 Å². The lowest BCUT2D eigenvalue weighted by Gasteiger charge is -2.36. The summed E-state index contributed by atoms with van der Waals surface area (Å²) in [6.45, 7) is 2.68. The monoisotopic (exact) mass is 358 g/mol. The van der Waals surface area contributed by atoms with E-state index in [0.29, 0.717) is 23.7 Å². The molecule has 0 saturated carbocycles. The molecule has 5 nitrogen and oxygen atoms in total. The van der Waals surface area contributed by atoms with Crippen LogP contribution in [0.25, 0.3) is 0 Å². The molecular formula is C19H19ClN2O3. The number of anilines is 1. The smallest absolute Gasteiger partial charge is 0.335 e. The fourth-order valence-electron chi connectivity index (χ4n) is 3.04. The Morgan fingerprint density at radius 3 is 2.40 bits per heavy atom. The highest BCUT2D eigenvalue weighted by molar-refractivity contribution is 6.30. The predicted molar refractivity (Wildman–Crippen MR) is 97.4 cm³/mol. The first kappa shape index (κ1) is 17.3. The number of nitrogens with zero attached hydrogens (tertiary/aromatic N) is 2. The molecule has 2 aromatic carbocycles. The second kappa shape index (κ2) is 7.57. The number of benzene rings is 2. The van der Waals surface area contributed by atoms with E-state index in [2.05, 4.69) is 4.90 Å². The van der Waals surface area contributed by atoms with Gasteiger partial charge in [-0.1, -0.05) is 35.9 Å². The Morgan fingerprint density at radius 2 is 1.72 bits per heavy atom. The highest BCUT2D eigenvalue weighted by atomic mass is 35.5. The number of hydrogen-bond donors (Lipinski definition) is 1. The third-order valence-corrected chi connectivity index (χ3v) is 4.63. The maximum Gasteiger partial charge on any atom is 0.335 e. The molecule has 0 bridgehead atoms.